The molecule has 2 aromatic carbocycles. The highest BCUT2D eigenvalue weighted by atomic mass is 19.1. The molecule has 1 N–H and O–H groups in total. The van der Waals surface area contributed by atoms with Gasteiger partial charge in [-0.05, 0) is 56.1 Å². The van der Waals surface area contributed by atoms with Crippen molar-refractivity contribution in [1.82, 2.24) is 14.9 Å². The van der Waals surface area contributed by atoms with Crippen LogP contribution in [0.3, 0.4) is 0 Å². The monoisotopic (exact) mass is 395 g/mol. The molecule has 0 atom stereocenters. The van der Waals surface area contributed by atoms with Crippen molar-refractivity contribution in [3.05, 3.63) is 60.7 Å². The lowest BCUT2D eigenvalue weighted by molar-refractivity contribution is 0.386. The summed E-state index contributed by atoms with van der Waals surface area (Å²) in [5, 5.41) is 3.19. The second-order valence-electron chi connectivity index (χ2n) is 7.04. The van der Waals surface area contributed by atoms with E-state index in [9.17, 15) is 4.39 Å². The van der Waals surface area contributed by atoms with Crippen LogP contribution >= 0.6 is 0 Å². The number of hydrogen-bond donors (Lipinski definition) is 1. The Kier molecular flexibility index (Phi) is 6.61. The van der Waals surface area contributed by atoms with Gasteiger partial charge in [-0.1, -0.05) is 6.07 Å². The molecule has 29 heavy (non-hydrogen) atoms. The van der Waals surface area contributed by atoms with Crippen molar-refractivity contribution in [3.63, 3.8) is 0 Å². The first-order valence-corrected chi connectivity index (χ1v) is 9.35. The molecule has 0 fully saturated rings. The summed E-state index contributed by atoms with van der Waals surface area (Å²) in [7, 11) is 7.65. The van der Waals surface area contributed by atoms with E-state index in [-0.39, 0.29) is 5.75 Å². The second kappa shape index (κ2) is 9.34. The molecule has 3 rings (SSSR count). The van der Waals surface area contributed by atoms with Gasteiger partial charge in [0.1, 0.15) is 0 Å². The molecule has 0 spiro atoms. The van der Waals surface area contributed by atoms with Crippen molar-refractivity contribution >= 4 is 17.3 Å². The van der Waals surface area contributed by atoms with Crippen LogP contribution in [-0.4, -0.2) is 56.2 Å². The third kappa shape index (κ3) is 5.42. The Bertz CT molecular complexity index is 929. The molecular weight excluding hydrogens is 369 g/mol. The molecule has 0 bridgehead atoms. The van der Waals surface area contributed by atoms with E-state index < -0.39 is 5.82 Å². The van der Waals surface area contributed by atoms with Crippen LogP contribution in [0.4, 0.5) is 21.7 Å². The van der Waals surface area contributed by atoms with Gasteiger partial charge in [0.05, 0.1) is 7.11 Å². The topological polar surface area (TPSA) is 53.5 Å². The predicted octanol–water partition coefficient (Wildman–Crippen LogP) is 4.03. The summed E-state index contributed by atoms with van der Waals surface area (Å²) in [6.45, 7) is 1.95. The minimum atomic E-state index is -0.414. The number of rotatable bonds is 8. The Morgan fingerprint density at radius 2 is 1.62 bits per heavy atom. The molecular formula is C22H26FN5O. The van der Waals surface area contributed by atoms with Crippen LogP contribution < -0.4 is 15.0 Å². The number of ether oxygens (including phenoxy) is 1. The van der Waals surface area contributed by atoms with Crippen molar-refractivity contribution in [3.8, 4) is 16.9 Å². The van der Waals surface area contributed by atoms with E-state index in [1.165, 1.54) is 13.2 Å². The van der Waals surface area contributed by atoms with E-state index in [0.717, 1.165) is 30.0 Å². The summed E-state index contributed by atoms with van der Waals surface area (Å²) in [6, 6.07) is 12.9. The number of likely N-dealkylation sites (N-methyl/N-ethyl adjacent to an activating group) is 2. The Balaban J connectivity index is 1.64. The van der Waals surface area contributed by atoms with E-state index >= 15 is 0 Å². The van der Waals surface area contributed by atoms with Gasteiger partial charge in [0.15, 0.2) is 11.6 Å². The van der Waals surface area contributed by atoms with Gasteiger partial charge in [0, 0.05) is 49.5 Å². The minimum absolute atomic E-state index is 0.212. The van der Waals surface area contributed by atoms with Crippen molar-refractivity contribution < 1.29 is 9.13 Å². The van der Waals surface area contributed by atoms with Crippen LogP contribution in [0.1, 0.15) is 0 Å². The van der Waals surface area contributed by atoms with Gasteiger partial charge in [-0.2, -0.15) is 0 Å². The molecule has 0 unspecified atom stereocenters. The second-order valence-corrected chi connectivity index (χ2v) is 7.04. The van der Waals surface area contributed by atoms with Crippen LogP contribution in [0, 0.1) is 5.82 Å². The number of halogens is 1. The fourth-order valence-electron chi connectivity index (χ4n) is 2.80. The van der Waals surface area contributed by atoms with E-state index in [2.05, 4.69) is 58.4 Å². The molecule has 1 heterocycles. The van der Waals surface area contributed by atoms with Crippen molar-refractivity contribution in [1.29, 1.82) is 0 Å². The van der Waals surface area contributed by atoms with Crippen LogP contribution in [0.5, 0.6) is 5.75 Å². The highest BCUT2D eigenvalue weighted by Crippen LogP contribution is 2.25. The van der Waals surface area contributed by atoms with E-state index in [1.807, 2.05) is 12.1 Å². The molecule has 0 aliphatic carbocycles. The van der Waals surface area contributed by atoms with Gasteiger partial charge in [-0.3, -0.25) is 0 Å². The van der Waals surface area contributed by atoms with Crippen LogP contribution in [0.15, 0.2) is 54.9 Å². The average molecular weight is 395 g/mol. The number of nitrogens with zero attached hydrogens (tertiary/aromatic N) is 4. The SMILES string of the molecule is COc1ccc(-c2cnc(Nc3ccc(N(C)CCN(C)C)cc3)nc2)cc1F. The predicted molar refractivity (Wildman–Crippen MR) is 116 cm³/mol. The summed E-state index contributed by atoms with van der Waals surface area (Å²) in [4.78, 5) is 13.0. The zero-order valence-corrected chi connectivity index (χ0v) is 17.2. The van der Waals surface area contributed by atoms with Crippen molar-refractivity contribution in [2.24, 2.45) is 0 Å². The maximum Gasteiger partial charge on any atom is 0.227 e. The summed E-state index contributed by atoms with van der Waals surface area (Å²) >= 11 is 0. The Morgan fingerprint density at radius 1 is 0.931 bits per heavy atom. The normalized spacial score (nSPS) is 10.8. The maximum absolute atomic E-state index is 13.9. The van der Waals surface area contributed by atoms with Gasteiger partial charge in [0.2, 0.25) is 5.95 Å². The van der Waals surface area contributed by atoms with Gasteiger partial charge in [0.25, 0.3) is 0 Å². The third-order valence-electron chi connectivity index (χ3n) is 4.58. The molecule has 0 radical (unpaired) electrons. The number of hydrogen-bond acceptors (Lipinski definition) is 6. The molecule has 0 saturated heterocycles. The fourth-order valence-corrected chi connectivity index (χ4v) is 2.80. The zero-order valence-electron chi connectivity index (χ0n) is 17.2. The van der Waals surface area contributed by atoms with E-state index in [1.54, 1.807) is 24.5 Å². The molecule has 0 aliphatic heterocycles. The highest BCUT2D eigenvalue weighted by Gasteiger charge is 2.07. The van der Waals surface area contributed by atoms with Crippen LogP contribution in [-0.2, 0) is 0 Å². The lowest BCUT2D eigenvalue weighted by Crippen LogP contribution is -2.28. The number of benzene rings is 2. The molecule has 0 saturated carbocycles. The molecule has 0 amide bonds. The highest BCUT2D eigenvalue weighted by molar-refractivity contribution is 5.64. The lowest BCUT2D eigenvalue weighted by Gasteiger charge is -2.21. The van der Waals surface area contributed by atoms with Crippen molar-refractivity contribution in [2.75, 3.05) is 51.6 Å². The number of anilines is 3. The Labute approximate surface area is 171 Å². The lowest BCUT2D eigenvalue weighted by atomic mass is 10.1. The molecule has 7 heteroatoms. The Hall–Kier alpha value is -3.19. The van der Waals surface area contributed by atoms with Crippen LogP contribution in [0.25, 0.3) is 11.1 Å². The first-order valence-electron chi connectivity index (χ1n) is 9.35. The molecule has 6 nitrogen and oxygen atoms in total. The number of nitrogens with one attached hydrogen (secondary N) is 1. The van der Waals surface area contributed by atoms with Gasteiger partial charge in [-0.15, -0.1) is 0 Å². The number of aromatic nitrogens is 2. The largest absolute Gasteiger partial charge is 0.494 e. The first kappa shape index (κ1) is 20.5. The quantitative estimate of drug-likeness (QED) is 0.621. The van der Waals surface area contributed by atoms with Gasteiger partial charge >= 0.3 is 0 Å². The minimum Gasteiger partial charge on any atom is -0.494 e. The first-order chi connectivity index (χ1) is 14.0. The third-order valence-corrected chi connectivity index (χ3v) is 4.58. The number of methoxy groups -OCH3 is 1. The molecule has 3 aromatic rings. The maximum atomic E-state index is 13.9. The summed E-state index contributed by atoms with van der Waals surface area (Å²) in [5.41, 5.74) is 3.48. The molecule has 0 aliphatic rings. The summed E-state index contributed by atoms with van der Waals surface area (Å²) in [6.07, 6.45) is 3.33. The van der Waals surface area contributed by atoms with E-state index in [4.69, 9.17) is 4.74 Å². The van der Waals surface area contributed by atoms with Gasteiger partial charge < -0.3 is 19.9 Å². The molecule has 152 valence electrons. The van der Waals surface area contributed by atoms with E-state index in [0.29, 0.717) is 11.5 Å². The van der Waals surface area contributed by atoms with Crippen molar-refractivity contribution in [2.45, 2.75) is 0 Å². The average Bonchev–Trinajstić information content (AvgIpc) is 2.73. The molecule has 1 aromatic heterocycles. The fraction of sp³-hybridized carbons (Fsp3) is 0.273. The Morgan fingerprint density at radius 3 is 2.21 bits per heavy atom. The zero-order chi connectivity index (χ0) is 20.8. The summed E-state index contributed by atoms with van der Waals surface area (Å²) < 4.78 is 18.8. The smallest absolute Gasteiger partial charge is 0.227 e. The van der Waals surface area contributed by atoms with Gasteiger partial charge in [-0.25, -0.2) is 14.4 Å². The summed E-state index contributed by atoms with van der Waals surface area (Å²) in [5.74, 6) is 0.281. The van der Waals surface area contributed by atoms with Crippen LogP contribution in [0.2, 0.25) is 0 Å². The standard InChI is InChI=1S/C22H26FN5O/c1-27(2)11-12-28(3)19-8-6-18(7-9-19)26-22-24-14-17(15-25-22)16-5-10-21(29-4)20(23)13-16/h5-10,13-15H,11-12H2,1-4H3,(H,24,25,26).